The number of ether oxygens (including phenoxy) is 1. The summed E-state index contributed by atoms with van der Waals surface area (Å²) in [4.78, 5) is 0. The van der Waals surface area contributed by atoms with Crippen molar-refractivity contribution in [3.05, 3.63) is 100 Å². The molecule has 0 unspecified atom stereocenters. The fourth-order valence-corrected chi connectivity index (χ4v) is 2.65. The van der Waals surface area contributed by atoms with Crippen LogP contribution in [0, 0.1) is 18.3 Å². The average Bonchev–Trinajstić information content (AvgIpc) is 2.67. The molecule has 0 heterocycles. The number of aryl methyl sites for hydroxylation is 1. The Morgan fingerprint density at radius 1 is 1.04 bits per heavy atom. The predicted molar refractivity (Wildman–Crippen MR) is 107 cm³/mol. The van der Waals surface area contributed by atoms with E-state index >= 15 is 0 Å². The molecule has 0 aromatic heterocycles. The average molecular weight is 360 g/mol. The van der Waals surface area contributed by atoms with Crippen LogP contribution in [0.25, 0.3) is 11.6 Å². The van der Waals surface area contributed by atoms with E-state index in [1.54, 1.807) is 0 Å². The summed E-state index contributed by atoms with van der Waals surface area (Å²) < 4.78 is 5.85. The van der Waals surface area contributed by atoms with Crippen LogP contribution in [0.5, 0.6) is 5.75 Å². The van der Waals surface area contributed by atoms with Gasteiger partial charge in [0.15, 0.2) is 0 Å². The summed E-state index contributed by atoms with van der Waals surface area (Å²) in [6, 6.07) is 25.5. The lowest BCUT2D eigenvalue weighted by atomic mass is 10.0. The summed E-state index contributed by atoms with van der Waals surface area (Å²) in [6.07, 6.45) is 1.87. The lowest BCUT2D eigenvalue weighted by Gasteiger charge is -2.07. The second kappa shape index (κ2) is 8.38. The Kier molecular flexibility index (Phi) is 5.73. The molecule has 3 aromatic carbocycles. The maximum Gasteiger partial charge on any atom is 0.120 e. The van der Waals surface area contributed by atoms with E-state index in [1.807, 2.05) is 85.8 Å². The Balaban J connectivity index is 1.76. The highest BCUT2D eigenvalue weighted by Crippen LogP contribution is 2.22. The molecule has 0 spiro atoms. The van der Waals surface area contributed by atoms with Crippen molar-refractivity contribution >= 4 is 23.3 Å². The van der Waals surface area contributed by atoms with Crippen LogP contribution in [0.15, 0.2) is 72.8 Å². The van der Waals surface area contributed by atoms with Gasteiger partial charge in [-0.25, -0.2) is 0 Å². The molecule has 3 aromatic rings. The summed E-state index contributed by atoms with van der Waals surface area (Å²) in [5.74, 6) is 0.759. The van der Waals surface area contributed by atoms with Crippen molar-refractivity contribution in [1.29, 1.82) is 5.26 Å². The van der Waals surface area contributed by atoms with Gasteiger partial charge in [-0.15, -0.1) is 0 Å². The summed E-state index contributed by atoms with van der Waals surface area (Å²) in [7, 11) is 0. The molecule has 0 N–H and O–H groups in total. The highest BCUT2D eigenvalue weighted by atomic mass is 35.5. The highest BCUT2D eigenvalue weighted by molar-refractivity contribution is 6.30. The SMILES string of the molecule is Cc1ccc(/C(C#N)=C/c2cccc(OCc3ccc(Cl)cc3)c2)cc1. The van der Waals surface area contributed by atoms with E-state index in [4.69, 9.17) is 16.3 Å². The molecule has 3 heteroatoms. The minimum absolute atomic E-state index is 0.466. The molecule has 3 rings (SSSR count). The molecule has 0 saturated carbocycles. The second-order valence-electron chi connectivity index (χ2n) is 6.02. The number of nitrogens with zero attached hydrogens (tertiary/aromatic N) is 1. The van der Waals surface area contributed by atoms with Gasteiger partial charge in [-0.05, 0) is 54.0 Å². The largest absolute Gasteiger partial charge is 0.489 e. The van der Waals surface area contributed by atoms with Crippen molar-refractivity contribution in [2.24, 2.45) is 0 Å². The van der Waals surface area contributed by atoms with E-state index in [2.05, 4.69) is 6.07 Å². The lowest BCUT2D eigenvalue weighted by Crippen LogP contribution is -1.95. The van der Waals surface area contributed by atoms with Crippen molar-refractivity contribution in [1.82, 2.24) is 0 Å². The number of hydrogen-bond acceptors (Lipinski definition) is 2. The number of nitriles is 1. The van der Waals surface area contributed by atoms with Gasteiger partial charge in [0.2, 0.25) is 0 Å². The number of rotatable bonds is 5. The zero-order chi connectivity index (χ0) is 18.4. The normalized spacial score (nSPS) is 11.0. The van der Waals surface area contributed by atoms with Gasteiger partial charge in [-0.3, -0.25) is 0 Å². The van der Waals surface area contributed by atoms with E-state index in [1.165, 1.54) is 5.56 Å². The van der Waals surface area contributed by atoms with Gasteiger partial charge in [0, 0.05) is 5.02 Å². The molecule has 0 aliphatic carbocycles. The molecule has 0 bridgehead atoms. The molecule has 0 radical (unpaired) electrons. The second-order valence-corrected chi connectivity index (χ2v) is 6.46. The zero-order valence-corrected chi connectivity index (χ0v) is 15.2. The predicted octanol–water partition coefficient (Wildman–Crippen LogP) is 6.29. The van der Waals surface area contributed by atoms with Gasteiger partial charge in [-0.2, -0.15) is 5.26 Å². The smallest absolute Gasteiger partial charge is 0.120 e. The standard InChI is InChI=1S/C23H18ClNO/c1-17-5-9-20(10-6-17)21(15-25)13-19-3-2-4-23(14-19)26-16-18-7-11-22(24)12-8-18/h2-14H,16H2,1H3/b21-13+. The number of benzene rings is 3. The third-order valence-corrected chi connectivity index (χ3v) is 4.22. The van der Waals surface area contributed by atoms with Crippen LogP contribution in [0.1, 0.15) is 22.3 Å². The molecular formula is C23H18ClNO. The van der Waals surface area contributed by atoms with Gasteiger partial charge in [0.05, 0.1) is 11.6 Å². The molecule has 0 aliphatic rings. The van der Waals surface area contributed by atoms with Gasteiger partial charge in [-0.1, -0.05) is 65.7 Å². The summed E-state index contributed by atoms with van der Waals surface area (Å²) in [6.45, 7) is 2.49. The lowest BCUT2D eigenvalue weighted by molar-refractivity contribution is 0.306. The number of halogens is 1. The monoisotopic (exact) mass is 359 g/mol. The molecule has 0 saturated heterocycles. The topological polar surface area (TPSA) is 33.0 Å². The number of hydrogen-bond donors (Lipinski definition) is 0. The Morgan fingerprint density at radius 3 is 2.46 bits per heavy atom. The fraction of sp³-hybridized carbons (Fsp3) is 0.0870. The Hall–Kier alpha value is -3.02. The molecule has 0 amide bonds. The van der Waals surface area contributed by atoms with E-state index in [0.29, 0.717) is 17.2 Å². The van der Waals surface area contributed by atoms with Crippen molar-refractivity contribution in [2.75, 3.05) is 0 Å². The first kappa shape index (κ1) is 17.8. The van der Waals surface area contributed by atoms with Gasteiger partial charge >= 0.3 is 0 Å². The van der Waals surface area contributed by atoms with Gasteiger partial charge < -0.3 is 4.74 Å². The van der Waals surface area contributed by atoms with E-state index in [9.17, 15) is 5.26 Å². The first-order chi connectivity index (χ1) is 12.6. The zero-order valence-electron chi connectivity index (χ0n) is 14.4. The molecule has 26 heavy (non-hydrogen) atoms. The molecule has 0 aliphatic heterocycles. The van der Waals surface area contributed by atoms with Crippen molar-refractivity contribution in [2.45, 2.75) is 13.5 Å². The van der Waals surface area contributed by atoms with Crippen LogP contribution in [0.2, 0.25) is 5.02 Å². The molecule has 0 fully saturated rings. The Morgan fingerprint density at radius 2 is 1.77 bits per heavy atom. The van der Waals surface area contributed by atoms with Crippen molar-refractivity contribution < 1.29 is 4.74 Å². The van der Waals surface area contributed by atoms with Gasteiger partial charge in [0.1, 0.15) is 12.4 Å². The summed E-state index contributed by atoms with van der Waals surface area (Å²) in [5.41, 5.74) is 4.68. The molecule has 0 atom stereocenters. The minimum atomic E-state index is 0.466. The first-order valence-electron chi connectivity index (χ1n) is 8.30. The van der Waals surface area contributed by atoms with Crippen LogP contribution in [-0.4, -0.2) is 0 Å². The quantitative estimate of drug-likeness (QED) is 0.396. The van der Waals surface area contributed by atoms with Crippen LogP contribution in [-0.2, 0) is 6.61 Å². The van der Waals surface area contributed by atoms with Crippen LogP contribution >= 0.6 is 11.6 Å². The Labute approximate surface area is 158 Å². The van der Waals surface area contributed by atoms with E-state index in [-0.39, 0.29) is 0 Å². The molecule has 128 valence electrons. The van der Waals surface area contributed by atoms with Crippen molar-refractivity contribution in [3.63, 3.8) is 0 Å². The molecular weight excluding hydrogens is 342 g/mol. The Bertz CT molecular complexity index is 951. The highest BCUT2D eigenvalue weighted by Gasteiger charge is 2.02. The maximum atomic E-state index is 9.49. The van der Waals surface area contributed by atoms with Crippen LogP contribution < -0.4 is 4.74 Å². The summed E-state index contributed by atoms with van der Waals surface area (Å²) in [5, 5.41) is 10.2. The minimum Gasteiger partial charge on any atom is -0.489 e. The first-order valence-corrected chi connectivity index (χ1v) is 8.68. The summed E-state index contributed by atoms with van der Waals surface area (Å²) >= 11 is 5.90. The van der Waals surface area contributed by atoms with Crippen LogP contribution in [0.3, 0.4) is 0 Å². The number of allylic oxidation sites excluding steroid dienone is 1. The van der Waals surface area contributed by atoms with Gasteiger partial charge in [0.25, 0.3) is 0 Å². The third-order valence-electron chi connectivity index (χ3n) is 3.97. The van der Waals surface area contributed by atoms with E-state index < -0.39 is 0 Å². The third kappa shape index (κ3) is 4.75. The maximum absolute atomic E-state index is 9.49. The van der Waals surface area contributed by atoms with Crippen molar-refractivity contribution in [3.8, 4) is 11.8 Å². The molecule has 2 nitrogen and oxygen atoms in total. The fourth-order valence-electron chi connectivity index (χ4n) is 2.52. The van der Waals surface area contributed by atoms with Crippen LogP contribution in [0.4, 0.5) is 0 Å². The van der Waals surface area contributed by atoms with E-state index in [0.717, 1.165) is 22.4 Å².